The number of hydrogen-bond donors (Lipinski definition) is 2. The molecule has 1 aliphatic rings. The van der Waals surface area contributed by atoms with Crippen LogP contribution in [0.3, 0.4) is 0 Å². The van der Waals surface area contributed by atoms with Crippen molar-refractivity contribution in [3.05, 3.63) is 35.4 Å². The molecule has 0 radical (unpaired) electrons. The van der Waals surface area contributed by atoms with Crippen LogP contribution in [-0.4, -0.2) is 17.4 Å². The van der Waals surface area contributed by atoms with E-state index in [1.54, 1.807) is 0 Å². The highest BCUT2D eigenvalue weighted by Crippen LogP contribution is 2.24. The molecule has 1 heterocycles. The van der Waals surface area contributed by atoms with E-state index in [1.165, 1.54) is 5.56 Å². The summed E-state index contributed by atoms with van der Waals surface area (Å²) in [5.41, 5.74) is 2.11. The molecule has 1 atom stereocenters. The van der Waals surface area contributed by atoms with Crippen molar-refractivity contribution in [1.29, 1.82) is 0 Å². The van der Waals surface area contributed by atoms with Crippen molar-refractivity contribution in [3.8, 4) is 0 Å². The Morgan fingerprint density at radius 2 is 2.15 bits per heavy atom. The quantitative estimate of drug-likeness (QED) is 0.863. The van der Waals surface area contributed by atoms with Crippen LogP contribution in [0, 0.1) is 6.92 Å². The fourth-order valence-electron chi connectivity index (χ4n) is 2.52. The fraction of sp³-hybridized carbons (Fsp3) is 0.500. The predicted octanol–water partition coefficient (Wildman–Crippen LogP) is 2.06. The number of carbonyl (C=O) groups is 2. The Bertz CT molecular complexity index is 513. The van der Waals surface area contributed by atoms with Crippen molar-refractivity contribution in [3.63, 3.8) is 0 Å². The maximum atomic E-state index is 11.9. The second-order valence-corrected chi connectivity index (χ2v) is 5.81. The van der Waals surface area contributed by atoms with Crippen LogP contribution in [0.4, 0.5) is 0 Å². The van der Waals surface area contributed by atoms with E-state index in [-0.39, 0.29) is 17.4 Å². The van der Waals surface area contributed by atoms with E-state index in [4.69, 9.17) is 0 Å². The summed E-state index contributed by atoms with van der Waals surface area (Å²) in [5, 5.41) is 5.89. The van der Waals surface area contributed by atoms with Crippen LogP contribution in [0.1, 0.15) is 43.7 Å². The van der Waals surface area contributed by atoms with Gasteiger partial charge in [-0.1, -0.05) is 24.3 Å². The van der Waals surface area contributed by atoms with Crippen molar-refractivity contribution < 1.29 is 9.59 Å². The monoisotopic (exact) mass is 274 g/mol. The number of amides is 2. The first kappa shape index (κ1) is 14.6. The third-order valence-corrected chi connectivity index (χ3v) is 3.99. The molecule has 0 aromatic heterocycles. The molecule has 0 spiro atoms. The topological polar surface area (TPSA) is 58.2 Å². The van der Waals surface area contributed by atoms with Crippen LogP contribution < -0.4 is 10.6 Å². The Morgan fingerprint density at radius 1 is 1.40 bits per heavy atom. The van der Waals surface area contributed by atoms with Gasteiger partial charge in [-0.2, -0.15) is 0 Å². The maximum absolute atomic E-state index is 11.9. The maximum Gasteiger partial charge on any atom is 0.220 e. The zero-order chi connectivity index (χ0) is 14.6. The minimum absolute atomic E-state index is 0.0376. The van der Waals surface area contributed by atoms with Gasteiger partial charge in [0.1, 0.15) is 0 Å². The van der Waals surface area contributed by atoms with Gasteiger partial charge in [0.25, 0.3) is 0 Å². The SMILES string of the molecule is Cc1ccccc1CNC(=O)CCC1(C)CCC(=O)N1. The van der Waals surface area contributed by atoms with Crippen LogP contribution in [0.25, 0.3) is 0 Å². The van der Waals surface area contributed by atoms with Gasteiger partial charge in [0.15, 0.2) is 0 Å². The first-order chi connectivity index (χ1) is 9.48. The van der Waals surface area contributed by atoms with Gasteiger partial charge in [0.2, 0.25) is 11.8 Å². The number of nitrogens with one attached hydrogen (secondary N) is 2. The van der Waals surface area contributed by atoms with E-state index in [0.29, 0.717) is 25.8 Å². The van der Waals surface area contributed by atoms with Gasteiger partial charge in [-0.3, -0.25) is 9.59 Å². The third-order valence-electron chi connectivity index (χ3n) is 3.99. The van der Waals surface area contributed by atoms with E-state index in [9.17, 15) is 9.59 Å². The highest BCUT2D eigenvalue weighted by atomic mass is 16.2. The molecule has 4 heteroatoms. The lowest BCUT2D eigenvalue weighted by Gasteiger charge is -2.23. The second-order valence-electron chi connectivity index (χ2n) is 5.81. The summed E-state index contributed by atoms with van der Waals surface area (Å²) in [6, 6.07) is 8.03. The van der Waals surface area contributed by atoms with Crippen LogP contribution in [0.2, 0.25) is 0 Å². The normalized spacial score (nSPS) is 21.6. The summed E-state index contributed by atoms with van der Waals surface area (Å²) < 4.78 is 0. The summed E-state index contributed by atoms with van der Waals surface area (Å²) in [7, 11) is 0. The van der Waals surface area contributed by atoms with Gasteiger partial charge in [-0.05, 0) is 37.8 Å². The highest BCUT2D eigenvalue weighted by molar-refractivity contribution is 5.80. The summed E-state index contributed by atoms with van der Waals surface area (Å²) >= 11 is 0. The molecule has 108 valence electrons. The molecule has 20 heavy (non-hydrogen) atoms. The van der Waals surface area contributed by atoms with Crippen LogP contribution in [-0.2, 0) is 16.1 Å². The molecular weight excluding hydrogens is 252 g/mol. The van der Waals surface area contributed by atoms with E-state index < -0.39 is 0 Å². The molecule has 1 aromatic rings. The molecule has 0 saturated carbocycles. The fourth-order valence-corrected chi connectivity index (χ4v) is 2.52. The summed E-state index contributed by atoms with van der Waals surface area (Å²) in [6.45, 7) is 4.61. The molecule has 2 N–H and O–H groups in total. The zero-order valence-corrected chi connectivity index (χ0v) is 12.2. The molecule has 2 amide bonds. The number of rotatable bonds is 5. The summed E-state index contributed by atoms with van der Waals surface area (Å²) in [4.78, 5) is 23.1. The van der Waals surface area contributed by atoms with Gasteiger partial charge in [0, 0.05) is 24.9 Å². The van der Waals surface area contributed by atoms with Gasteiger partial charge >= 0.3 is 0 Å². The summed E-state index contributed by atoms with van der Waals surface area (Å²) in [5.74, 6) is 0.128. The lowest BCUT2D eigenvalue weighted by atomic mass is 9.94. The first-order valence-electron chi connectivity index (χ1n) is 7.11. The number of aryl methyl sites for hydroxylation is 1. The van der Waals surface area contributed by atoms with Gasteiger partial charge in [-0.25, -0.2) is 0 Å². The molecule has 0 bridgehead atoms. The minimum Gasteiger partial charge on any atom is -0.352 e. The molecular formula is C16H22N2O2. The Kier molecular flexibility index (Phi) is 4.42. The molecule has 1 aliphatic heterocycles. The predicted molar refractivity (Wildman–Crippen MR) is 78.0 cm³/mol. The average Bonchev–Trinajstić information content (AvgIpc) is 2.76. The van der Waals surface area contributed by atoms with Crippen molar-refractivity contribution in [2.24, 2.45) is 0 Å². The van der Waals surface area contributed by atoms with E-state index in [2.05, 4.69) is 10.6 Å². The van der Waals surface area contributed by atoms with E-state index in [1.807, 2.05) is 38.1 Å². The van der Waals surface area contributed by atoms with Crippen molar-refractivity contribution in [2.45, 2.75) is 51.6 Å². The molecule has 1 unspecified atom stereocenters. The van der Waals surface area contributed by atoms with Gasteiger partial charge in [0.05, 0.1) is 0 Å². The van der Waals surface area contributed by atoms with Crippen molar-refractivity contribution >= 4 is 11.8 Å². The van der Waals surface area contributed by atoms with Crippen LogP contribution >= 0.6 is 0 Å². The van der Waals surface area contributed by atoms with Gasteiger partial charge < -0.3 is 10.6 Å². The van der Waals surface area contributed by atoms with Crippen molar-refractivity contribution in [1.82, 2.24) is 10.6 Å². The lowest BCUT2D eigenvalue weighted by Crippen LogP contribution is -2.39. The number of carbonyl (C=O) groups excluding carboxylic acids is 2. The van der Waals surface area contributed by atoms with Crippen LogP contribution in [0.5, 0.6) is 0 Å². The standard InChI is InChI=1S/C16H22N2O2/c1-12-5-3-4-6-13(12)11-17-14(19)7-9-16(2)10-8-15(20)18-16/h3-6H,7-11H2,1-2H3,(H,17,19)(H,18,20). The van der Waals surface area contributed by atoms with Crippen molar-refractivity contribution in [2.75, 3.05) is 0 Å². The zero-order valence-electron chi connectivity index (χ0n) is 12.2. The van der Waals surface area contributed by atoms with E-state index in [0.717, 1.165) is 12.0 Å². The molecule has 1 saturated heterocycles. The number of benzene rings is 1. The summed E-state index contributed by atoms with van der Waals surface area (Å²) in [6.07, 6.45) is 2.53. The Hall–Kier alpha value is -1.84. The molecule has 1 fully saturated rings. The highest BCUT2D eigenvalue weighted by Gasteiger charge is 2.32. The number of hydrogen-bond acceptors (Lipinski definition) is 2. The second kappa shape index (κ2) is 6.07. The average molecular weight is 274 g/mol. The third kappa shape index (κ3) is 3.83. The Morgan fingerprint density at radius 3 is 2.80 bits per heavy atom. The van der Waals surface area contributed by atoms with Crippen LogP contribution in [0.15, 0.2) is 24.3 Å². The minimum atomic E-state index is -0.211. The molecule has 2 rings (SSSR count). The Balaban J connectivity index is 1.76. The van der Waals surface area contributed by atoms with Gasteiger partial charge in [-0.15, -0.1) is 0 Å². The van der Waals surface area contributed by atoms with E-state index >= 15 is 0 Å². The molecule has 4 nitrogen and oxygen atoms in total. The largest absolute Gasteiger partial charge is 0.352 e. The lowest BCUT2D eigenvalue weighted by molar-refractivity contribution is -0.122. The smallest absolute Gasteiger partial charge is 0.220 e. The Labute approximate surface area is 119 Å². The first-order valence-corrected chi connectivity index (χ1v) is 7.11. The molecule has 1 aromatic carbocycles. The molecule has 0 aliphatic carbocycles.